The molecule has 0 spiro atoms. The second-order valence-electron chi connectivity index (χ2n) is 4.26. The lowest BCUT2D eigenvalue weighted by molar-refractivity contribution is 0.0955. The summed E-state index contributed by atoms with van der Waals surface area (Å²) in [5.41, 5.74) is 3.52. The van der Waals surface area contributed by atoms with E-state index in [1.54, 1.807) is 7.11 Å². The summed E-state index contributed by atoms with van der Waals surface area (Å²) in [4.78, 5) is 11.9. The monoisotopic (exact) mass is 426 g/mol. The third-order valence-corrected chi connectivity index (χ3v) is 3.79. The number of rotatable bonds is 4. The molecule has 0 heterocycles. The van der Waals surface area contributed by atoms with E-state index in [2.05, 4.69) is 42.4 Å². The zero-order chi connectivity index (χ0) is 16.1. The zero-order valence-electron chi connectivity index (χ0n) is 11.5. The predicted molar refractivity (Wildman–Crippen MR) is 91.6 cm³/mol. The van der Waals surface area contributed by atoms with Gasteiger partial charge in [-0.2, -0.15) is 5.10 Å². The number of carbonyl (C=O) groups is 1. The maximum atomic E-state index is 11.9. The Morgan fingerprint density at radius 1 is 1.27 bits per heavy atom. The van der Waals surface area contributed by atoms with E-state index >= 15 is 0 Å². The van der Waals surface area contributed by atoms with Crippen LogP contribution in [0.15, 0.2) is 50.4 Å². The number of nitrogens with zero attached hydrogens (tertiary/aromatic N) is 1. The van der Waals surface area contributed by atoms with Crippen LogP contribution in [0.1, 0.15) is 15.9 Å². The molecule has 0 atom stereocenters. The van der Waals surface area contributed by atoms with E-state index in [4.69, 9.17) is 4.74 Å². The largest absolute Gasteiger partial charge is 0.508 e. The minimum atomic E-state index is -0.371. The molecule has 2 rings (SSSR count). The predicted octanol–water partition coefficient (Wildman–Crippen LogP) is 3.69. The fraction of sp³-hybridized carbons (Fsp3) is 0.0667. The maximum absolute atomic E-state index is 11.9. The number of methoxy groups -OCH3 is 1. The highest BCUT2D eigenvalue weighted by molar-refractivity contribution is 9.11. The van der Waals surface area contributed by atoms with Crippen molar-refractivity contribution >= 4 is 44.0 Å². The molecule has 2 N–H and O–H groups in total. The lowest BCUT2D eigenvalue weighted by Gasteiger charge is -2.07. The van der Waals surface area contributed by atoms with Crippen molar-refractivity contribution in [1.29, 1.82) is 0 Å². The number of benzene rings is 2. The van der Waals surface area contributed by atoms with Gasteiger partial charge in [0.15, 0.2) is 0 Å². The van der Waals surface area contributed by atoms with Gasteiger partial charge in [-0.15, -0.1) is 0 Å². The van der Waals surface area contributed by atoms with E-state index in [-0.39, 0.29) is 11.7 Å². The third kappa shape index (κ3) is 4.08. The van der Waals surface area contributed by atoms with E-state index in [1.807, 2.05) is 12.1 Å². The number of carbonyl (C=O) groups excluding carboxylic acids is 1. The molecule has 22 heavy (non-hydrogen) atoms. The highest BCUT2D eigenvalue weighted by Crippen LogP contribution is 2.31. The van der Waals surface area contributed by atoms with Gasteiger partial charge in [-0.1, -0.05) is 15.9 Å². The van der Waals surface area contributed by atoms with Gasteiger partial charge < -0.3 is 9.84 Å². The van der Waals surface area contributed by atoms with Crippen LogP contribution >= 0.6 is 31.9 Å². The molecule has 0 unspecified atom stereocenters. The Kier molecular flexibility index (Phi) is 5.57. The average Bonchev–Trinajstić information content (AvgIpc) is 2.47. The van der Waals surface area contributed by atoms with Crippen LogP contribution in [0.4, 0.5) is 0 Å². The topological polar surface area (TPSA) is 70.9 Å². The quantitative estimate of drug-likeness (QED) is 0.577. The fourth-order valence-electron chi connectivity index (χ4n) is 1.73. The van der Waals surface area contributed by atoms with Gasteiger partial charge in [0.2, 0.25) is 0 Å². The minimum absolute atomic E-state index is 0.101. The van der Waals surface area contributed by atoms with Crippen LogP contribution in [0, 0.1) is 0 Å². The van der Waals surface area contributed by atoms with Gasteiger partial charge in [-0.3, -0.25) is 4.79 Å². The molecule has 0 aromatic heterocycles. The number of phenolic OH excluding ortho intramolecular Hbond substituents is 1. The first-order valence-electron chi connectivity index (χ1n) is 6.16. The molecule has 114 valence electrons. The first kappa shape index (κ1) is 16.5. The molecule has 7 heteroatoms. The molecule has 0 saturated carbocycles. The normalized spacial score (nSPS) is 10.7. The Bertz CT molecular complexity index is 715. The summed E-state index contributed by atoms with van der Waals surface area (Å²) in [6.07, 6.45) is 1.49. The fourth-order valence-corrected chi connectivity index (χ4v) is 3.15. The summed E-state index contributed by atoms with van der Waals surface area (Å²) >= 11 is 6.78. The molecule has 5 nitrogen and oxygen atoms in total. The van der Waals surface area contributed by atoms with E-state index in [1.165, 1.54) is 30.5 Å². The lowest BCUT2D eigenvalue weighted by Crippen LogP contribution is -2.17. The molecule has 2 aromatic carbocycles. The Labute approximate surface area is 144 Å². The number of hydrogen-bond donors (Lipinski definition) is 2. The first-order chi connectivity index (χ1) is 10.5. The molecular formula is C15H12Br2N2O3. The van der Waals surface area contributed by atoms with E-state index in [9.17, 15) is 9.90 Å². The second-order valence-corrected chi connectivity index (χ2v) is 6.03. The Morgan fingerprint density at radius 3 is 2.59 bits per heavy atom. The summed E-state index contributed by atoms with van der Waals surface area (Å²) in [5, 5.41) is 13.1. The van der Waals surface area contributed by atoms with Crippen molar-refractivity contribution in [2.24, 2.45) is 5.10 Å². The van der Waals surface area contributed by atoms with E-state index < -0.39 is 0 Å². The number of hydrazone groups is 1. The minimum Gasteiger partial charge on any atom is -0.508 e. The highest BCUT2D eigenvalue weighted by Gasteiger charge is 2.08. The smallest absolute Gasteiger partial charge is 0.271 e. The maximum Gasteiger partial charge on any atom is 0.271 e. The first-order valence-corrected chi connectivity index (χ1v) is 7.75. The third-order valence-electron chi connectivity index (χ3n) is 2.74. The molecule has 0 aliphatic heterocycles. The molecule has 0 radical (unpaired) electrons. The average molecular weight is 428 g/mol. The van der Waals surface area contributed by atoms with Crippen LogP contribution in [0.5, 0.6) is 11.5 Å². The molecule has 0 aliphatic carbocycles. The van der Waals surface area contributed by atoms with Crippen molar-refractivity contribution in [3.05, 3.63) is 56.5 Å². The Hall–Kier alpha value is -1.86. The van der Waals surface area contributed by atoms with Crippen molar-refractivity contribution in [3.63, 3.8) is 0 Å². The highest BCUT2D eigenvalue weighted by atomic mass is 79.9. The molecule has 0 fully saturated rings. The number of amides is 1. The number of phenols is 1. The zero-order valence-corrected chi connectivity index (χ0v) is 14.7. The van der Waals surface area contributed by atoms with Gasteiger partial charge in [-0.05, 0) is 52.3 Å². The Morgan fingerprint density at radius 2 is 1.95 bits per heavy atom. The van der Waals surface area contributed by atoms with Gasteiger partial charge in [0.25, 0.3) is 5.91 Å². The van der Waals surface area contributed by atoms with E-state index in [0.717, 1.165) is 8.95 Å². The number of ether oxygens (including phenoxy) is 1. The summed E-state index contributed by atoms with van der Waals surface area (Å²) in [7, 11) is 1.56. The molecule has 0 saturated heterocycles. The summed E-state index contributed by atoms with van der Waals surface area (Å²) in [6, 6.07) is 9.57. The lowest BCUT2D eigenvalue weighted by atomic mass is 10.2. The van der Waals surface area contributed by atoms with Crippen molar-refractivity contribution in [1.82, 2.24) is 5.43 Å². The van der Waals surface area contributed by atoms with Gasteiger partial charge >= 0.3 is 0 Å². The van der Waals surface area contributed by atoms with Crippen molar-refractivity contribution < 1.29 is 14.6 Å². The van der Waals surface area contributed by atoms with E-state index in [0.29, 0.717) is 16.9 Å². The van der Waals surface area contributed by atoms with Crippen LogP contribution in [-0.2, 0) is 0 Å². The number of nitrogens with one attached hydrogen (secondary N) is 1. The molecule has 2 aromatic rings. The van der Waals surface area contributed by atoms with Crippen molar-refractivity contribution in [2.45, 2.75) is 0 Å². The Balaban J connectivity index is 2.12. The SMILES string of the molecule is COc1c(Br)cc(Br)cc1/C=N\NC(=O)c1ccc(O)cc1. The number of aromatic hydroxyl groups is 1. The van der Waals surface area contributed by atoms with Crippen molar-refractivity contribution in [3.8, 4) is 11.5 Å². The summed E-state index contributed by atoms with van der Waals surface area (Å²) < 4.78 is 6.91. The van der Waals surface area contributed by atoms with Crippen LogP contribution in [-0.4, -0.2) is 24.3 Å². The van der Waals surface area contributed by atoms with Crippen LogP contribution in [0.25, 0.3) is 0 Å². The number of halogens is 2. The van der Waals surface area contributed by atoms with Gasteiger partial charge in [-0.25, -0.2) is 5.43 Å². The number of hydrogen-bond acceptors (Lipinski definition) is 4. The van der Waals surface area contributed by atoms with Crippen LogP contribution in [0.2, 0.25) is 0 Å². The molecule has 0 bridgehead atoms. The molecule has 1 amide bonds. The van der Waals surface area contributed by atoms with Gasteiger partial charge in [0, 0.05) is 15.6 Å². The standard InChI is InChI=1S/C15H12Br2N2O3/c1-22-14-10(6-11(16)7-13(14)17)8-18-19-15(21)9-2-4-12(20)5-3-9/h2-8,20H,1H3,(H,19,21)/b18-8-. The molecule has 0 aliphatic rings. The summed E-state index contributed by atoms with van der Waals surface area (Å²) in [5.74, 6) is 0.346. The van der Waals surface area contributed by atoms with Crippen LogP contribution in [0.3, 0.4) is 0 Å². The van der Waals surface area contributed by atoms with Gasteiger partial charge in [0.1, 0.15) is 11.5 Å². The van der Waals surface area contributed by atoms with Crippen molar-refractivity contribution in [2.75, 3.05) is 7.11 Å². The molecular weight excluding hydrogens is 416 g/mol. The summed E-state index contributed by atoms with van der Waals surface area (Å²) in [6.45, 7) is 0. The van der Waals surface area contributed by atoms with Gasteiger partial charge in [0.05, 0.1) is 17.8 Å². The van der Waals surface area contributed by atoms with Crippen LogP contribution < -0.4 is 10.2 Å². The second kappa shape index (κ2) is 7.42.